The summed E-state index contributed by atoms with van der Waals surface area (Å²) in [6.07, 6.45) is 7.20. The van der Waals surface area contributed by atoms with Crippen LogP contribution in [0.4, 0.5) is 0 Å². The highest BCUT2D eigenvalue weighted by molar-refractivity contribution is 7.99. The summed E-state index contributed by atoms with van der Waals surface area (Å²) in [6, 6.07) is 0.693. The van der Waals surface area contributed by atoms with Crippen LogP contribution in [-0.4, -0.2) is 24.1 Å². The van der Waals surface area contributed by atoms with E-state index in [0.29, 0.717) is 6.04 Å². The molecule has 0 spiro atoms. The Balaban J connectivity index is 1.94. The van der Waals surface area contributed by atoms with Gasteiger partial charge in [0.25, 0.3) is 0 Å². The number of rotatable bonds is 5. The molecule has 1 fully saturated rings. The van der Waals surface area contributed by atoms with E-state index in [9.17, 15) is 0 Å². The van der Waals surface area contributed by atoms with Crippen molar-refractivity contribution < 1.29 is 0 Å². The maximum atomic E-state index is 3.28. The standard InChI is InChI=1S/C10H21NS/c1-9(11-2)7-8-12-10-5-3-4-6-10/h9-11H,3-8H2,1-2H3. The van der Waals surface area contributed by atoms with Gasteiger partial charge in [0.1, 0.15) is 0 Å². The van der Waals surface area contributed by atoms with E-state index in [4.69, 9.17) is 0 Å². The summed E-state index contributed by atoms with van der Waals surface area (Å²) in [6.45, 7) is 2.26. The fraction of sp³-hybridized carbons (Fsp3) is 1.00. The highest BCUT2D eigenvalue weighted by Crippen LogP contribution is 2.29. The third-order valence-electron chi connectivity index (χ3n) is 2.70. The van der Waals surface area contributed by atoms with Crippen molar-refractivity contribution >= 4 is 11.8 Å². The monoisotopic (exact) mass is 187 g/mol. The third-order valence-corrected chi connectivity index (χ3v) is 4.11. The molecule has 1 N–H and O–H groups in total. The Morgan fingerprint density at radius 2 is 2.08 bits per heavy atom. The Hall–Kier alpha value is 0.310. The van der Waals surface area contributed by atoms with E-state index in [-0.39, 0.29) is 0 Å². The summed E-state index contributed by atoms with van der Waals surface area (Å²) >= 11 is 2.19. The van der Waals surface area contributed by atoms with Crippen LogP contribution in [0.25, 0.3) is 0 Å². The Morgan fingerprint density at radius 3 is 2.67 bits per heavy atom. The molecular weight excluding hydrogens is 166 g/mol. The Labute approximate surface area is 80.7 Å². The quantitative estimate of drug-likeness (QED) is 0.710. The Bertz CT molecular complexity index is 110. The molecule has 72 valence electrons. The van der Waals surface area contributed by atoms with E-state index in [0.717, 1.165) is 5.25 Å². The number of thioether (sulfide) groups is 1. The van der Waals surface area contributed by atoms with Gasteiger partial charge in [-0.05, 0) is 39.0 Å². The highest BCUT2D eigenvalue weighted by atomic mass is 32.2. The molecule has 1 unspecified atom stereocenters. The molecule has 0 aromatic heterocycles. The largest absolute Gasteiger partial charge is 0.317 e. The molecule has 0 bridgehead atoms. The minimum Gasteiger partial charge on any atom is -0.317 e. The Morgan fingerprint density at radius 1 is 1.42 bits per heavy atom. The van der Waals surface area contributed by atoms with Crippen LogP contribution in [0.5, 0.6) is 0 Å². The predicted octanol–water partition coefficient (Wildman–Crippen LogP) is 2.66. The summed E-state index contributed by atoms with van der Waals surface area (Å²) < 4.78 is 0. The minimum absolute atomic E-state index is 0.693. The van der Waals surface area contributed by atoms with Gasteiger partial charge in [0, 0.05) is 11.3 Å². The molecule has 12 heavy (non-hydrogen) atoms. The zero-order valence-electron chi connectivity index (χ0n) is 8.31. The molecule has 1 rings (SSSR count). The molecular formula is C10H21NS. The molecule has 0 aromatic rings. The topological polar surface area (TPSA) is 12.0 Å². The van der Waals surface area contributed by atoms with Crippen molar-refractivity contribution in [2.75, 3.05) is 12.8 Å². The number of hydrogen-bond acceptors (Lipinski definition) is 2. The lowest BCUT2D eigenvalue weighted by molar-refractivity contribution is 0.597. The van der Waals surface area contributed by atoms with E-state index >= 15 is 0 Å². The highest BCUT2D eigenvalue weighted by Gasteiger charge is 2.14. The van der Waals surface area contributed by atoms with Crippen molar-refractivity contribution in [3.8, 4) is 0 Å². The number of nitrogens with one attached hydrogen (secondary N) is 1. The first-order valence-electron chi connectivity index (χ1n) is 5.12. The first-order chi connectivity index (χ1) is 5.83. The maximum Gasteiger partial charge on any atom is 0.00470 e. The van der Waals surface area contributed by atoms with Gasteiger partial charge in [-0.3, -0.25) is 0 Å². The minimum atomic E-state index is 0.693. The van der Waals surface area contributed by atoms with E-state index in [2.05, 4.69) is 24.0 Å². The van der Waals surface area contributed by atoms with Gasteiger partial charge in [-0.2, -0.15) is 11.8 Å². The average molecular weight is 187 g/mol. The van der Waals surface area contributed by atoms with Gasteiger partial charge < -0.3 is 5.32 Å². The zero-order chi connectivity index (χ0) is 8.81. The first-order valence-corrected chi connectivity index (χ1v) is 6.16. The lowest BCUT2D eigenvalue weighted by Gasteiger charge is -2.12. The van der Waals surface area contributed by atoms with Crippen LogP contribution in [0.15, 0.2) is 0 Å². The van der Waals surface area contributed by atoms with E-state index in [1.165, 1.54) is 37.9 Å². The summed E-state index contributed by atoms with van der Waals surface area (Å²) in [4.78, 5) is 0. The second-order valence-electron chi connectivity index (χ2n) is 3.76. The summed E-state index contributed by atoms with van der Waals surface area (Å²) in [5.74, 6) is 1.34. The van der Waals surface area contributed by atoms with E-state index < -0.39 is 0 Å². The summed E-state index contributed by atoms with van der Waals surface area (Å²) in [5.41, 5.74) is 0. The van der Waals surface area contributed by atoms with Crippen LogP contribution < -0.4 is 5.32 Å². The molecule has 1 aliphatic rings. The van der Waals surface area contributed by atoms with E-state index in [1.807, 2.05) is 7.05 Å². The molecule has 1 saturated carbocycles. The van der Waals surface area contributed by atoms with E-state index in [1.54, 1.807) is 0 Å². The van der Waals surface area contributed by atoms with Crippen LogP contribution >= 0.6 is 11.8 Å². The maximum absolute atomic E-state index is 3.28. The lowest BCUT2D eigenvalue weighted by Crippen LogP contribution is -2.21. The summed E-state index contributed by atoms with van der Waals surface area (Å²) in [7, 11) is 2.05. The van der Waals surface area contributed by atoms with Gasteiger partial charge in [-0.25, -0.2) is 0 Å². The van der Waals surface area contributed by atoms with Gasteiger partial charge in [0.15, 0.2) is 0 Å². The number of hydrogen-bond donors (Lipinski definition) is 1. The molecule has 0 radical (unpaired) electrons. The van der Waals surface area contributed by atoms with Crippen LogP contribution in [0.1, 0.15) is 39.0 Å². The van der Waals surface area contributed by atoms with Crippen molar-refractivity contribution in [2.24, 2.45) is 0 Å². The molecule has 0 aliphatic heterocycles. The smallest absolute Gasteiger partial charge is 0.00470 e. The van der Waals surface area contributed by atoms with Crippen molar-refractivity contribution in [1.82, 2.24) is 5.32 Å². The molecule has 0 heterocycles. The lowest BCUT2D eigenvalue weighted by atomic mass is 10.3. The van der Waals surface area contributed by atoms with Gasteiger partial charge >= 0.3 is 0 Å². The second kappa shape index (κ2) is 5.87. The SMILES string of the molecule is CNC(C)CCSC1CCCC1. The third kappa shape index (κ3) is 3.81. The molecule has 2 heteroatoms. The van der Waals surface area contributed by atoms with Crippen LogP contribution in [-0.2, 0) is 0 Å². The van der Waals surface area contributed by atoms with Crippen molar-refractivity contribution in [3.63, 3.8) is 0 Å². The van der Waals surface area contributed by atoms with Crippen LogP contribution in [0.3, 0.4) is 0 Å². The Kier molecular flexibility index (Phi) is 5.08. The molecule has 1 atom stereocenters. The normalized spacial score (nSPS) is 21.5. The van der Waals surface area contributed by atoms with Crippen molar-refractivity contribution in [3.05, 3.63) is 0 Å². The molecule has 0 saturated heterocycles. The fourth-order valence-corrected chi connectivity index (χ4v) is 3.10. The molecule has 1 aliphatic carbocycles. The molecule has 0 aromatic carbocycles. The zero-order valence-corrected chi connectivity index (χ0v) is 9.12. The van der Waals surface area contributed by atoms with Gasteiger partial charge in [0.2, 0.25) is 0 Å². The average Bonchev–Trinajstić information content (AvgIpc) is 2.57. The van der Waals surface area contributed by atoms with Crippen LogP contribution in [0, 0.1) is 0 Å². The summed E-state index contributed by atoms with van der Waals surface area (Å²) in [5, 5.41) is 4.27. The van der Waals surface area contributed by atoms with Gasteiger partial charge in [0.05, 0.1) is 0 Å². The first kappa shape index (κ1) is 10.4. The van der Waals surface area contributed by atoms with Gasteiger partial charge in [-0.1, -0.05) is 12.8 Å². The van der Waals surface area contributed by atoms with Gasteiger partial charge in [-0.15, -0.1) is 0 Å². The second-order valence-corrected chi connectivity index (χ2v) is 5.16. The predicted molar refractivity (Wildman–Crippen MR) is 57.9 cm³/mol. The molecule has 1 nitrogen and oxygen atoms in total. The van der Waals surface area contributed by atoms with Crippen molar-refractivity contribution in [2.45, 2.75) is 50.3 Å². The van der Waals surface area contributed by atoms with Crippen LogP contribution in [0.2, 0.25) is 0 Å². The fourth-order valence-electron chi connectivity index (χ4n) is 1.61. The molecule has 0 amide bonds. The van der Waals surface area contributed by atoms with Crippen molar-refractivity contribution in [1.29, 1.82) is 0 Å².